The van der Waals surface area contributed by atoms with Gasteiger partial charge in [-0.25, -0.2) is 4.39 Å². The van der Waals surface area contributed by atoms with Crippen molar-refractivity contribution >= 4 is 11.3 Å². The van der Waals surface area contributed by atoms with Crippen molar-refractivity contribution in [1.29, 1.82) is 0 Å². The smallest absolute Gasteiger partial charge is 0.112 e. The largest absolute Gasteiger partial charge is 0.401 e. The van der Waals surface area contributed by atoms with Crippen LogP contribution in [0, 0.1) is 0 Å². The Bertz CT molecular complexity index is 1080. The number of rotatable bonds is 21. The van der Waals surface area contributed by atoms with Crippen LogP contribution in [0.4, 0.5) is 4.39 Å². The van der Waals surface area contributed by atoms with Crippen LogP contribution in [0.15, 0.2) is 95.6 Å². The minimum atomic E-state index is -0.836. The molecule has 0 aliphatic carbocycles. The number of pyridine rings is 1. The SMILES string of the molecule is C=C/C=C(\C=C(/C)NC(CCN(CCCCC(/C=C\C(=C\C)CC)=NC)CC(F)CC)/C(N)=C\CC)c1ccncc1. The summed E-state index contributed by atoms with van der Waals surface area (Å²) in [6.07, 6.45) is 23.2. The highest BCUT2D eigenvalue weighted by atomic mass is 19.1. The van der Waals surface area contributed by atoms with Gasteiger partial charge in [0, 0.05) is 49.6 Å². The fourth-order valence-corrected chi connectivity index (χ4v) is 4.70. The molecule has 0 fully saturated rings. The number of unbranched alkanes of at least 4 members (excludes halogenated alkanes) is 1. The van der Waals surface area contributed by atoms with Gasteiger partial charge in [-0.2, -0.15) is 0 Å². The standard InChI is InChI=1S/C36H56FN5/c1-8-15-32(31-20-23-40-24-21-31)27-29(6)41-36(35(38)16-9-2)22-26-42(28-33(37)12-5)25-14-13-17-34(39-7)19-18-30(10-3)11-4/h8,10,15-16,18-21,23-24,27,33,36,41H,1,9,11-14,17,22,25-26,28,38H2,2-7H3/b19-18-,29-27+,30-10+,32-15+,35-16+,39-34?. The number of nitrogens with one attached hydrogen (secondary N) is 1. The fourth-order valence-electron chi connectivity index (χ4n) is 4.70. The maximum atomic E-state index is 14.6. The maximum absolute atomic E-state index is 14.6. The average Bonchev–Trinajstić information content (AvgIpc) is 3.00. The second-order valence-electron chi connectivity index (χ2n) is 10.5. The van der Waals surface area contributed by atoms with Gasteiger partial charge in [0.1, 0.15) is 6.17 Å². The Hall–Kier alpha value is -3.25. The van der Waals surface area contributed by atoms with E-state index in [1.54, 1.807) is 18.5 Å². The Morgan fingerprint density at radius 3 is 2.50 bits per heavy atom. The van der Waals surface area contributed by atoms with Gasteiger partial charge in [-0.15, -0.1) is 0 Å². The molecular weight excluding hydrogens is 521 g/mol. The van der Waals surface area contributed by atoms with Crippen molar-refractivity contribution in [3.05, 3.63) is 96.2 Å². The minimum Gasteiger partial charge on any atom is -0.401 e. The van der Waals surface area contributed by atoms with Crippen LogP contribution in [-0.2, 0) is 0 Å². The lowest BCUT2D eigenvalue weighted by molar-refractivity contribution is 0.180. The molecule has 2 atom stereocenters. The van der Waals surface area contributed by atoms with E-state index in [9.17, 15) is 4.39 Å². The van der Waals surface area contributed by atoms with Gasteiger partial charge in [-0.1, -0.05) is 63.3 Å². The van der Waals surface area contributed by atoms with Gasteiger partial charge in [-0.05, 0) is 101 Å². The Morgan fingerprint density at radius 1 is 1.17 bits per heavy atom. The van der Waals surface area contributed by atoms with Crippen molar-refractivity contribution in [2.75, 3.05) is 26.7 Å². The Balaban J connectivity index is 2.92. The molecule has 1 heterocycles. The van der Waals surface area contributed by atoms with Gasteiger partial charge < -0.3 is 16.0 Å². The number of allylic oxidation sites excluding steroid dienone is 10. The maximum Gasteiger partial charge on any atom is 0.112 e. The molecule has 42 heavy (non-hydrogen) atoms. The molecule has 3 N–H and O–H groups in total. The molecule has 0 amide bonds. The molecule has 0 aliphatic rings. The summed E-state index contributed by atoms with van der Waals surface area (Å²) in [7, 11) is 1.85. The molecule has 0 saturated carbocycles. The van der Waals surface area contributed by atoms with E-state index < -0.39 is 6.17 Å². The van der Waals surface area contributed by atoms with E-state index in [2.05, 4.69) is 84.8 Å². The van der Waals surface area contributed by atoms with Crippen molar-refractivity contribution in [2.24, 2.45) is 10.7 Å². The highest BCUT2D eigenvalue weighted by Crippen LogP contribution is 2.18. The third-order valence-corrected chi connectivity index (χ3v) is 7.27. The number of hydrogen-bond acceptors (Lipinski definition) is 5. The van der Waals surface area contributed by atoms with Crippen LogP contribution in [0.25, 0.3) is 5.57 Å². The van der Waals surface area contributed by atoms with Crippen molar-refractivity contribution < 1.29 is 4.39 Å². The second kappa shape index (κ2) is 22.4. The number of aromatic nitrogens is 1. The molecule has 0 saturated heterocycles. The van der Waals surface area contributed by atoms with Gasteiger partial charge in [0.15, 0.2) is 0 Å². The van der Waals surface area contributed by atoms with E-state index in [0.29, 0.717) is 13.0 Å². The van der Waals surface area contributed by atoms with Crippen LogP contribution in [0.3, 0.4) is 0 Å². The van der Waals surface area contributed by atoms with Gasteiger partial charge in [0.05, 0.1) is 6.04 Å². The zero-order valence-electron chi connectivity index (χ0n) is 27.1. The van der Waals surface area contributed by atoms with Crippen LogP contribution >= 0.6 is 0 Å². The van der Waals surface area contributed by atoms with Gasteiger partial charge in [-0.3, -0.25) is 9.98 Å². The molecule has 6 heteroatoms. The van der Waals surface area contributed by atoms with E-state index in [1.807, 2.05) is 32.2 Å². The first-order valence-electron chi connectivity index (χ1n) is 15.6. The van der Waals surface area contributed by atoms with E-state index in [4.69, 9.17) is 5.73 Å². The molecule has 0 aliphatic heterocycles. The molecule has 232 valence electrons. The molecule has 1 aromatic heterocycles. The molecule has 0 radical (unpaired) electrons. The summed E-state index contributed by atoms with van der Waals surface area (Å²) in [4.78, 5) is 10.9. The fraction of sp³-hybridized carbons (Fsp3) is 0.500. The van der Waals surface area contributed by atoms with Gasteiger partial charge >= 0.3 is 0 Å². The summed E-state index contributed by atoms with van der Waals surface area (Å²) >= 11 is 0. The van der Waals surface area contributed by atoms with Crippen molar-refractivity contribution in [3.63, 3.8) is 0 Å². The van der Waals surface area contributed by atoms with Gasteiger partial charge in [0.2, 0.25) is 0 Å². The summed E-state index contributed by atoms with van der Waals surface area (Å²) in [5.41, 5.74) is 12.9. The Morgan fingerprint density at radius 2 is 1.90 bits per heavy atom. The first-order valence-corrected chi connectivity index (χ1v) is 15.6. The number of aliphatic imine (C=N–C) groups is 1. The number of nitrogens with two attached hydrogens (primary N) is 1. The Labute approximate surface area is 256 Å². The third kappa shape index (κ3) is 15.1. The number of alkyl halides is 1. The lowest BCUT2D eigenvalue weighted by atomic mass is 10.0. The molecule has 0 aromatic carbocycles. The first kappa shape index (κ1) is 36.8. The van der Waals surface area contributed by atoms with Crippen LogP contribution in [0.5, 0.6) is 0 Å². The summed E-state index contributed by atoms with van der Waals surface area (Å²) < 4.78 is 14.6. The van der Waals surface area contributed by atoms with Crippen molar-refractivity contribution in [1.82, 2.24) is 15.2 Å². The van der Waals surface area contributed by atoms with E-state index >= 15 is 0 Å². The summed E-state index contributed by atoms with van der Waals surface area (Å²) in [5, 5.41) is 3.63. The van der Waals surface area contributed by atoms with Crippen LogP contribution < -0.4 is 11.1 Å². The van der Waals surface area contributed by atoms with E-state index in [-0.39, 0.29) is 6.04 Å². The zero-order valence-corrected chi connectivity index (χ0v) is 27.1. The van der Waals surface area contributed by atoms with Gasteiger partial charge in [0.25, 0.3) is 0 Å². The highest BCUT2D eigenvalue weighted by molar-refractivity contribution is 5.95. The zero-order chi connectivity index (χ0) is 31.2. The molecule has 1 aromatic rings. The molecule has 5 nitrogen and oxygen atoms in total. The lowest BCUT2D eigenvalue weighted by Crippen LogP contribution is -2.39. The number of halogens is 1. The van der Waals surface area contributed by atoms with Crippen molar-refractivity contribution in [3.8, 4) is 0 Å². The molecular formula is C36H56FN5. The number of nitrogens with zero attached hydrogens (tertiary/aromatic N) is 3. The van der Waals surface area contributed by atoms with E-state index in [0.717, 1.165) is 79.9 Å². The van der Waals surface area contributed by atoms with Crippen LogP contribution in [0.2, 0.25) is 0 Å². The monoisotopic (exact) mass is 577 g/mol. The summed E-state index contributed by atoms with van der Waals surface area (Å²) in [5.74, 6) is 0. The first-order chi connectivity index (χ1) is 20.3. The molecule has 0 bridgehead atoms. The highest BCUT2D eigenvalue weighted by Gasteiger charge is 2.17. The summed E-state index contributed by atoms with van der Waals surface area (Å²) in [6, 6.07) is 3.92. The average molecular weight is 578 g/mol. The molecule has 1 rings (SSSR count). The topological polar surface area (TPSA) is 66.5 Å². The predicted octanol–water partition coefficient (Wildman–Crippen LogP) is 8.36. The normalized spacial score (nSPS) is 15.4. The quantitative estimate of drug-likeness (QED) is 0.0875. The van der Waals surface area contributed by atoms with Crippen molar-refractivity contribution in [2.45, 2.75) is 91.8 Å². The third-order valence-electron chi connectivity index (χ3n) is 7.27. The molecule has 0 spiro atoms. The second-order valence-corrected chi connectivity index (χ2v) is 10.5. The predicted molar refractivity (Wildman–Crippen MR) is 182 cm³/mol. The number of hydrogen-bond donors (Lipinski definition) is 2. The summed E-state index contributed by atoms with van der Waals surface area (Å²) in [6.45, 7) is 16.2. The lowest BCUT2D eigenvalue weighted by Gasteiger charge is -2.28. The molecule has 2 unspecified atom stereocenters. The van der Waals surface area contributed by atoms with E-state index in [1.165, 1.54) is 5.57 Å². The van der Waals surface area contributed by atoms with Crippen LogP contribution in [0.1, 0.15) is 85.1 Å². The minimum absolute atomic E-state index is 0.0471. The Kier molecular flexibility index (Phi) is 19.6. The van der Waals surface area contributed by atoms with Crippen LogP contribution in [-0.4, -0.2) is 54.5 Å².